The van der Waals surface area contributed by atoms with Gasteiger partial charge in [-0.1, -0.05) is 6.92 Å². The number of ether oxygens (including phenoxy) is 2. The van der Waals surface area contributed by atoms with Gasteiger partial charge >= 0.3 is 12.1 Å². The van der Waals surface area contributed by atoms with Crippen molar-refractivity contribution in [3.63, 3.8) is 0 Å². The van der Waals surface area contributed by atoms with Crippen molar-refractivity contribution in [2.75, 3.05) is 20.2 Å². The molecule has 2 spiro atoms. The molecular formula is C24H37NO4. The second-order valence-electron chi connectivity index (χ2n) is 11.2. The molecule has 5 aliphatic rings. The Kier molecular flexibility index (Phi) is 4.86. The number of amides is 1. The summed E-state index contributed by atoms with van der Waals surface area (Å²) in [6.45, 7) is 3.96. The maximum Gasteiger partial charge on any atom is 0.410 e. The zero-order chi connectivity index (χ0) is 20.2. The van der Waals surface area contributed by atoms with Gasteiger partial charge in [0.05, 0.1) is 7.11 Å². The molecule has 4 aliphatic carbocycles. The lowest BCUT2D eigenvalue weighted by molar-refractivity contribution is -0.142. The number of carbonyl (C=O) groups excluding carboxylic acids is 2. The lowest BCUT2D eigenvalue weighted by Gasteiger charge is -2.46. The van der Waals surface area contributed by atoms with E-state index in [0.29, 0.717) is 35.0 Å². The number of rotatable bonds is 3. The predicted octanol–water partition coefficient (Wildman–Crippen LogP) is 4.78. The number of hydrogen-bond acceptors (Lipinski definition) is 4. The highest BCUT2D eigenvalue weighted by Crippen LogP contribution is 2.72. The van der Waals surface area contributed by atoms with Crippen LogP contribution in [0.1, 0.15) is 77.6 Å². The van der Waals surface area contributed by atoms with Gasteiger partial charge in [-0.15, -0.1) is 0 Å². The number of nitrogens with zero attached hydrogens (tertiary/aromatic N) is 1. The number of likely N-dealkylation sites (tertiary alicyclic amines) is 1. The molecular weight excluding hydrogens is 366 g/mol. The minimum atomic E-state index is -0.0778. The van der Waals surface area contributed by atoms with Crippen molar-refractivity contribution in [1.82, 2.24) is 4.90 Å². The van der Waals surface area contributed by atoms with Gasteiger partial charge in [-0.25, -0.2) is 4.79 Å². The molecule has 0 aromatic carbocycles. The fourth-order valence-electron chi connectivity index (χ4n) is 7.67. The molecule has 1 heterocycles. The Hall–Kier alpha value is -1.26. The molecule has 162 valence electrons. The van der Waals surface area contributed by atoms with Crippen molar-refractivity contribution < 1.29 is 19.1 Å². The van der Waals surface area contributed by atoms with E-state index >= 15 is 0 Å². The number of carbonyl (C=O) groups is 2. The van der Waals surface area contributed by atoms with Crippen molar-refractivity contribution in [3.8, 4) is 0 Å². The Morgan fingerprint density at radius 3 is 2.45 bits per heavy atom. The zero-order valence-electron chi connectivity index (χ0n) is 18.2. The average Bonchev–Trinajstić information content (AvgIpc) is 3.27. The Balaban J connectivity index is 1.10. The minimum Gasteiger partial charge on any atom is -0.469 e. The number of esters is 1. The van der Waals surface area contributed by atoms with Gasteiger partial charge in [0.1, 0.15) is 6.10 Å². The standard InChI is InChI=1S/C24H37NO4/c1-16-13-24-14-18(12-19(24)15-24)21(16)29-22(27)25-9-7-23(8-10-25)5-3-17(4-6-23)11-20(26)28-2/h16-19,21H,3-15H2,1-2H3. The predicted molar refractivity (Wildman–Crippen MR) is 109 cm³/mol. The van der Waals surface area contributed by atoms with Gasteiger partial charge in [0, 0.05) is 19.5 Å². The Bertz CT molecular complexity index is 660. The molecule has 0 aromatic rings. The summed E-state index contributed by atoms with van der Waals surface area (Å²) >= 11 is 0. The summed E-state index contributed by atoms with van der Waals surface area (Å²) in [6.07, 6.45) is 12.7. The van der Waals surface area contributed by atoms with Gasteiger partial charge < -0.3 is 14.4 Å². The number of piperidine rings is 1. The quantitative estimate of drug-likeness (QED) is 0.636. The maximum atomic E-state index is 12.9. The third-order valence-electron chi connectivity index (χ3n) is 9.54. The summed E-state index contributed by atoms with van der Waals surface area (Å²) in [5.74, 6) is 2.47. The van der Waals surface area contributed by atoms with Crippen LogP contribution in [0.5, 0.6) is 0 Å². The van der Waals surface area contributed by atoms with E-state index in [2.05, 4.69) is 6.92 Å². The third-order valence-corrected chi connectivity index (χ3v) is 9.54. The Morgan fingerprint density at radius 2 is 1.76 bits per heavy atom. The van der Waals surface area contributed by atoms with E-state index in [-0.39, 0.29) is 18.2 Å². The van der Waals surface area contributed by atoms with Gasteiger partial charge in [0.25, 0.3) is 0 Å². The van der Waals surface area contributed by atoms with Crippen LogP contribution >= 0.6 is 0 Å². The van der Waals surface area contributed by atoms with Gasteiger partial charge in [0.2, 0.25) is 0 Å². The molecule has 1 saturated heterocycles. The molecule has 1 aliphatic heterocycles. The second-order valence-corrected chi connectivity index (χ2v) is 11.2. The van der Waals surface area contributed by atoms with Crippen molar-refractivity contribution >= 4 is 12.1 Å². The fraction of sp³-hybridized carbons (Fsp3) is 0.917. The van der Waals surface area contributed by atoms with Crippen LogP contribution in [0.2, 0.25) is 0 Å². The first-order valence-electron chi connectivity index (χ1n) is 11.9. The zero-order valence-corrected chi connectivity index (χ0v) is 18.2. The van der Waals surface area contributed by atoms with Crippen LogP contribution in [-0.2, 0) is 14.3 Å². The highest BCUT2D eigenvalue weighted by Gasteiger charge is 2.65. The van der Waals surface area contributed by atoms with Crippen LogP contribution < -0.4 is 0 Å². The van der Waals surface area contributed by atoms with E-state index in [1.807, 2.05) is 4.90 Å². The van der Waals surface area contributed by atoms with E-state index in [1.54, 1.807) is 0 Å². The van der Waals surface area contributed by atoms with Crippen molar-refractivity contribution in [3.05, 3.63) is 0 Å². The summed E-state index contributed by atoms with van der Waals surface area (Å²) < 4.78 is 11.0. The Labute approximate surface area is 174 Å². The Morgan fingerprint density at radius 1 is 1.03 bits per heavy atom. The van der Waals surface area contributed by atoms with Crippen LogP contribution in [0.25, 0.3) is 0 Å². The SMILES string of the molecule is COC(=O)CC1CCC2(CC1)CCN(C(=O)OC1C(C)CC34CC1CC3C4)CC2. The normalized spacial score (nSPS) is 40.4. The van der Waals surface area contributed by atoms with Gasteiger partial charge in [-0.2, -0.15) is 0 Å². The smallest absolute Gasteiger partial charge is 0.410 e. The summed E-state index contributed by atoms with van der Waals surface area (Å²) in [4.78, 5) is 26.4. The molecule has 5 rings (SSSR count). The van der Waals surface area contributed by atoms with Crippen LogP contribution in [0.4, 0.5) is 4.79 Å². The molecule has 2 bridgehead atoms. The van der Waals surface area contributed by atoms with E-state index in [4.69, 9.17) is 9.47 Å². The highest BCUT2D eigenvalue weighted by molar-refractivity contribution is 5.69. The van der Waals surface area contributed by atoms with Gasteiger partial charge in [0.15, 0.2) is 0 Å². The topological polar surface area (TPSA) is 55.8 Å². The lowest BCUT2D eigenvalue weighted by atomic mass is 9.65. The van der Waals surface area contributed by atoms with Crippen LogP contribution in [0, 0.1) is 34.5 Å². The maximum absolute atomic E-state index is 12.9. The van der Waals surface area contributed by atoms with Gasteiger partial charge in [-0.3, -0.25) is 4.79 Å². The summed E-state index contributed by atoms with van der Waals surface area (Å²) in [5.41, 5.74) is 1.03. The van der Waals surface area contributed by atoms with E-state index in [1.165, 1.54) is 45.6 Å². The molecule has 5 heteroatoms. The largest absolute Gasteiger partial charge is 0.469 e. The monoisotopic (exact) mass is 403 g/mol. The molecule has 5 fully saturated rings. The minimum absolute atomic E-state index is 0.0624. The molecule has 5 atom stereocenters. The molecule has 0 N–H and O–H groups in total. The van der Waals surface area contributed by atoms with E-state index in [9.17, 15) is 9.59 Å². The lowest BCUT2D eigenvalue weighted by Crippen LogP contribution is -2.47. The number of hydrogen-bond donors (Lipinski definition) is 0. The van der Waals surface area contributed by atoms with Crippen molar-refractivity contribution in [1.29, 1.82) is 0 Å². The van der Waals surface area contributed by atoms with Crippen molar-refractivity contribution in [2.24, 2.45) is 34.5 Å². The first-order chi connectivity index (χ1) is 13.9. The molecule has 0 aromatic heterocycles. The van der Waals surface area contributed by atoms with Crippen molar-refractivity contribution in [2.45, 2.75) is 83.7 Å². The van der Waals surface area contributed by atoms with Crippen LogP contribution in [0.3, 0.4) is 0 Å². The summed E-state index contributed by atoms with van der Waals surface area (Å²) in [7, 11) is 1.48. The first-order valence-corrected chi connectivity index (χ1v) is 11.9. The summed E-state index contributed by atoms with van der Waals surface area (Å²) in [5, 5.41) is 0. The molecule has 5 nitrogen and oxygen atoms in total. The molecule has 29 heavy (non-hydrogen) atoms. The van der Waals surface area contributed by atoms with Gasteiger partial charge in [-0.05, 0) is 98.7 Å². The molecule has 4 saturated carbocycles. The second kappa shape index (κ2) is 7.16. The molecule has 1 amide bonds. The van der Waals surface area contributed by atoms with Crippen LogP contribution in [-0.4, -0.2) is 43.3 Å². The first kappa shape index (κ1) is 19.7. The highest BCUT2D eigenvalue weighted by atomic mass is 16.6. The number of fused-ring (bicyclic) bond motifs is 1. The molecule has 5 unspecified atom stereocenters. The van der Waals surface area contributed by atoms with Crippen LogP contribution in [0.15, 0.2) is 0 Å². The van der Waals surface area contributed by atoms with E-state index in [0.717, 1.165) is 44.7 Å². The average molecular weight is 404 g/mol. The van der Waals surface area contributed by atoms with E-state index < -0.39 is 0 Å². The fourth-order valence-corrected chi connectivity index (χ4v) is 7.67. The third kappa shape index (κ3) is 3.57. The number of methoxy groups -OCH3 is 1. The molecule has 0 radical (unpaired) electrons. The summed E-state index contributed by atoms with van der Waals surface area (Å²) in [6, 6.07) is 0.